The molecule has 0 unspecified atom stereocenters. The monoisotopic (exact) mass is 166 g/mol. The van der Waals surface area contributed by atoms with Crippen LogP contribution in [-0.4, -0.2) is 16.9 Å². The summed E-state index contributed by atoms with van der Waals surface area (Å²) in [7, 11) is -0.887. The van der Waals surface area contributed by atoms with Gasteiger partial charge in [-0.05, 0) is 0 Å². The average molecular weight is 167 g/mol. The van der Waals surface area contributed by atoms with Crippen molar-refractivity contribution in [2.45, 2.75) is 31.7 Å². The molecule has 0 bridgehead atoms. The van der Waals surface area contributed by atoms with Gasteiger partial charge in [0.25, 0.3) is 0 Å². The molecule has 0 nitrogen and oxygen atoms in total. The van der Waals surface area contributed by atoms with E-state index >= 15 is 0 Å². The standard InChI is InChI=1S/C5H15ClSi2/c1-8(2,3)5-4-7-6/h4-5,7H2,1-3H3. The third kappa shape index (κ3) is 6.72. The molecule has 0 saturated carbocycles. The third-order valence-corrected chi connectivity index (χ3v) is 5.04. The van der Waals surface area contributed by atoms with Crippen LogP contribution in [0.2, 0.25) is 31.7 Å². The van der Waals surface area contributed by atoms with Gasteiger partial charge in [-0.3, -0.25) is 0 Å². The van der Waals surface area contributed by atoms with Gasteiger partial charge in [0.1, 0.15) is 8.83 Å². The smallest absolute Gasteiger partial charge is 0.125 e. The van der Waals surface area contributed by atoms with E-state index in [4.69, 9.17) is 11.1 Å². The Labute approximate surface area is 60.2 Å². The average Bonchev–Trinajstić information content (AvgIpc) is 1.59. The van der Waals surface area contributed by atoms with Crippen molar-refractivity contribution in [1.29, 1.82) is 0 Å². The van der Waals surface area contributed by atoms with Crippen LogP contribution in [0.3, 0.4) is 0 Å². The summed E-state index contributed by atoms with van der Waals surface area (Å²) in [5.41, 5.74) is 0. The fraction of sp³-hybridized carbons (Fsp3) is 1.00. The van der Waals surface area contributed by atoms with E-state index < -0.39 is 8.07 Å². The van der Waals surface area contributed by atoms with Crippen molar-refractivity contribution in [3.05, 3.63) is 0 Å². The fourth-order valence-electron chi connectivity index (χ4n) is 0.597. The van der Waals surface area contributed by atoms with Gasteiger partial charge in [-0.2, -0.15) is 11.1 Å². The molecule has 0 aromatic rings. The van der Waals surface area contributed by atoms with E-state index in [1.165, 1.54) is 12.1 Å². The Kier molecular flexibility index (Phi) is 4.03. The van der Waals surface area contributed by atoms with Crippen LogP contribution < -0.4 is 0 Å². The molecule has 0 rings (SSSR count). The second-order valence-corrected chi connectivity index (χ2v) is 11.2. The maximum absolute atomic E-state index is 5.67. The largest absolute Gasteiger partial charge is 0.176 e. The van der Waals surface area contributed by atoms with Crippen molar-refractivity contribution in [2.24, 2.45) is 0 Å². The van der Waals surface area contributed by atoms with Gasteiger partial charge in [-0.15, -0.1) is 0 Å². The number of halogens is 1. The van der Waals surface area contributed by atoms with Gasteiger partial charge >= 0.3 is 0 Å². The van der Waals surface area contributed by atoms with Crippen molar-refractivity contribution >= 4 is 28.0 Å². The van der Waals surface area contributed by atoms with Crippen molar-refractivity contribution in [1.82, 2.24) is 0 Å². The van der Waals surface area contributed by atoms with Crippen molar-refractivity contribution in [3.63, 3.8) is 0 Å². The Balaban J connectivity index is 3.11. The minimum atomic E-state index is -0.728. The molecule has 0 fully saturated rings. The van der Waals surface area contributed by atoms with Crippen LogP contribution in [0, 0.1) is 0 Å². The number of rotatable bonds is 3. The van der Waals surface area contributed by atoms with E-state index in [9.17, 15) is 0 Å². The Morgan fingerprint density at radius 1 is 1.38 bits per heavy atom. The maximum Gasteiger partial charge on any atom is 0.125 e. The summed E-state index contributed by atoms with van der Waals surface area (Å²) in [5.74, 6) is 0. The Morgan fingerprint density at radius 2 is 1.88 bits per heavy atom. The predicted molar refractivity (Wildman–Crippen MR) is 47.4 cm³/mol. The molecule has 0 saturated heterocycles. The quantitative estimate of drug-likeness (QED) is 0.445. The molecule has 0 aliphatic heterocycles. The highest BCUT2D eigenvalue weighted by Crippen LogP contribution is 2.10. The predicted octanol–water partition coefficient (Wildman–Crippen LogP) is 2.07. The zero-order chi connectivity index (χ0) is 6.62. The molecule has 0 heterocycles. The molecule has 50 valence electrons. The summed E-state index contributed by atoms with van der Waals surface area (Å²) < 4.78 is 0. The normalized spacial score (nSPS) is 13.5. The van der Waals surface area contributed by atoms with Crippen LogP contribution in [0.1, 0.15) is 0 Å². The highest BCUT2D eigenvalue weighted by molar-refractivity contribution is 6.94. The fourth-order valence-corrected chi connectivity index (χ4v) is 6.58. The maximum atomic E-state index is 5.67. The van der Waals surface area contributed by atoms with Gasteiger partial charge in [0, 0.05) is 8.07 Å². The van der Waals surface area contributed by atoms with Gasteiger partial charge in [-0.1, -0.05) is 31.7 Å². The van der Waals surface area contributed by atoms with Crippen LogP contribution in [0.15, 0.2) is 0 Å². The lowest BCUT2D eigenvalue weighted by Crippen LogP contribution is -2.18. The van der Waals surface area contributed by atoms with E-state index in [0.717, 1.165) is 0 Å². The summed E-state index contributed by atoms with van der Waals surface area (Å²) in [6.45, 7) is 7.19. The van der Waals surface area contributed by atoms with Gasteiger partial charge in [-0.25, -0.2) is 0 Å². The lowest BCUT2D eigenvalue weighted by atomic mass is 10.9. The molecule has 0 N–H and O–H groups in total. The van der Waals surface area contributed by atoms with E-state index in [0.29, 0.717) is 0 Å². The van der Waals surface area contributed by atoms with Crippen LogP contribution in [0.4, 0.5) is 0 Å². The zero-order valence-corrected chi connectivity index (χ0v) is 9.17. The highest BCUT2D eigenvalue weighted by Gasteiger charge is 2.10. The first kappa shape index (κ1) is 8.72. The SMILES string of the molecule is C[Si](C)(C)CC[SiH2]Cl. The molecule has 3 heteroatoms. The summed E-state index contributed by atoms with van der Waals surface area (Å²) in [5, 5.41) is 0. The lowest BCUT2D eigenvalue weighted by molar-refractivity contribution is 1.34. The Morgan fingerprint density at radius 3 is 2.00 bits per heavy atom. The molecule has 0 aromatic carbocycles. The molecule has 0 aromatic heterocycles. The van der Waals surface area contributed by atoms with E-state index in [1.54, 1.807) is 0 Å². The molecule has 0 radical (unpaired) electrons. The molecule has 0 aliphatic rings. The van der Waals surface area contributed by atoms with Crippen molar-refractivity contribution in [2.75, 3.05) is 0 Å². The molecule has 0 spiro atoms. The van der Waals surface area contributed by atoms with E-state index in [-0.39, 0.29) is 8.83 Å². The molecule has 0 aliphatic carbocycles. The summed E-state index contributed by atoms with van der Waals surface area (Å²) in [6.07, 6.45) is 0. The van der Waals surface area contributed by atoms with Gasteiger partial charge in [0.15, 0.2) is 0 Å². The van der Waals surface area contributed by atoms with Gasteiger partial charge in [0.2, 0.25) is 0 Å². The van der Waals surface area contributed by atoms with Crippen LogP contribution in [0.5, 0.6) is 0 Å². The molecular formula is C5H15ClSi2. The van der Waals surface area contributed by atoms with Crippen LogP contribution >= 0.6 is 11.1 Å². The summed E-state index contributed by atoms with van der Waals surface area (Å²) in [4.78, 5) is 0. The van der Waals surface area contributed by atoms with E-state index in [2.05, 4.69) is 19.6 Å². The highest BCUT2D eigenvalue weighted by atomic mass is 35.6. The first-order valence-electron chi connectivity index (χ1n) is 3.12. The molecule has 0 amide bonds. The first-order valence-corrected chi connectivity index (χ1v) is 9.97. The second-order valence-electron chi connectivity index (χ2n) is 3.35. The summed E-state index contributed by atoms with van der Waals surface area (Å²) in [6, 6.07) is 2.78. The Bertz CT molecular complexity index is 57.9. The van der Waals surface area contributed by atoms with Gasteiger partial charge < -0.3 is 0 Å². The van der Waals surface area contributed by atoms with Crippen molar-refractivity contribution in [3.8, 4) is 0 Å². The second kappa shape index (κ2) is 3.69. The minimum Gasteiger partial charge on any atom is -0.176 e. The third-order valence-electron chi connectivity index (χ3n) is 1.06. The lowest BCUT2D eigenvalue weighted by Gasteiger charge is -2.13. The molecule has 8 heavy (non-hydrogen) atoms. The van der Waals surface area contributed by atoms with Gasteiger partial charge in [0.05, 0.1) is 0 Å². The zero-order valence-electron chi connectivity index (χ0n) is 6.00. The number of hydrogen-bond donors (Lipinski definition) is 0. The Hall–Kier alpha value is 0.724. The van der Waals surface area contributed by atoms with Crippen LogP contribution in [0.25, 0.3) is 0 Å². The van der Waals surface area contributed by atoms with Crippen LogP contribution in [-0.2, 0) is 0 Å². The van der Waals surface area contributed by atoms with E-state index in [1.807, 2.05) is 0 Å². The minimum absolute atomic E-state index is 0.159. The number of hydrogen-bond acceptors (Lipinski definition) is 0. The summed E-state index contributed by atoms with van der Waals surface area (Å²) >= 11 is 5.67. The first-order chi connectivity index (χ1) is 3.56. The molecular weight excluding hydrogens is 152 g/mol. The topological polar surface area (TPSA) is 0 Å². The molecule has 0 atom stereocenters. The van der Waals surface area contributed by atoms with Crippen molar-refractivity contribution < 1.29 is 0 Å².